The van der Waals surface area contributed by atoms with Gasteiger partial charge in [-0.05, 0) is 19.1 Å². The van der Waals surface area contributed by atoms with Crippen LogP contribution in [-0.2, 0) is 19.5 Å². The van der Waals surface area contributed by atoms with Gasteiger partial charge >= 0.3 is 0 Å². The smallest absolute Gasteiger partial charge is 0.240 e. The minimum Gasteiger partial charge on any atom is -0.376 e. The Morgan fingerprint density at radius 2 is 2.20 bits per heavy atom. The molecule has 1 aromatic carbocycles. The van der Waals surface area contributed by atoms with Crippen LogP contribution in [-0.4, -0.2) is 46.7 Å². The molecule has 1 heterocycles. The first-order chi connectivity index (χ1) is 9.49. The zero-order valence-corrected chi connectivity index (χ0v) is 12.0. The number of hydrogen-bond donors (Lipinski definition) is 1. The molecular weight excluding hydrogens is 282 g/mol. The first-order valence-corrected chi connectivity index (χ1v) is 7.77. The van der Waals surface area contributed by atoms with Crippen LogP contribution in [0.25, 0.3) is 0 Å². The Morgan fingerprint density at radius 3 is 2.85 bits per heavy atom. The summed E-state index contributed by atoms with van der Waals surface area (Å²) in [7, 11) is -3.65. The normalized spacial score (nSPS) is 19.8. The largest absolute Gasteiger partial charge is 0.376 e. The molecule has 2 rings (SSSR count). The lowest BCUT2D eigenvalue weighted by atomic mass is 10.2. The van der Waals surface area contributed by atoms with Crippen molar-refractivity contribution in [2.45, 2.75) is 17.9 Å². The molecule has 7 heteroatoms. The predicted octanol–water partition coefficient (Wildman–Crippen LogP) is 0.583. The van der Waals surface area contributed by atoms with Crippen LogP contribution in [0.3, 0.4) is 0 Å². The second-order valence-electron chi connectivity index (χ2n) is 4.50. The number of sulfonamides is 1. The van der Waals surface area contributed by atoms with Crippen LogP contribution in [0.5, 0.6) is 0 Å². The van der Waals surface area contributed by atoms with Gasteiger partial charge in [-0.1, -0.05) is 12.1 Å². The van der Waals surface area contributed by atoms with Crippen molar-refractivity contribution in [3.63, 3.8) is 0 Å². The maximum absolute atomic E-state index is 12.1. The summed E-state index contributed by atoms with van der Waals surface area (Å²) in [5.41, 5.74) is 0.366. The van der Waals surface area contributed by atoms with Crippen molar-refractivity contribution in [1.29, 1.82) is 0 Å². The number of ketones is 1. The molecule has 1 N–H and O–H groups in total. The molecule has 0 radical (unpaired) electrons. The molecule has 0 aliphatic carbocycles. The molecule has 0 amide bonds. The van der Waals surface area contributed by atoms with Crippen molar-refractivity contribution in [3.05, 3.63) is 29.8 Å². The molecule has 0 spiro atoms. The van der Waals surface area contributed by atoms with E-state index in [0.29, 0.717) is 25.4 Å². The van der Waals surface area contributed by atoms with Gasteiger partial charge in [0.2, 0.25) is 10.0 Å². The van der Waals surface area contributed by atoms with Crippen LogP contribution in [0, 0.1) is 0 Å². The average molecular weight is 299 g/mol. The number of nitrogens with one attached hydrogen (secondary N) is 1. The molecule has 1 unspecified atom stereocenters. The third-order valence-corrected chi connectivity index (χ3v) is 4.36. The number of rotatable bonds is 5. The van der Waals surface area contributed by atoms with E-state index in [9.17, 15) is 13.2 Å². The quantitative estimate of drug-likeness (QED) is 0.804. The van der Waals surface area contributed by atoms with Crippen molar-refractivity contribution >= 4 is 15.8 Å². The van der Waals surface area contributed by atoms with Gasteiger partial charge in [0, 0.05) is 12.1 Å². The first-order valence-electron chi connectivity index (χ1n) is 6.29. The summed E-state index contributed by atoms with van der Waals surface area (Å²) < 4.78 is 37.3. The fraction of sp³-hybridized carbons (Fsp3) is 0.462. The Balaban J connectivity index is 2.05. The second-order valence-corrected chi connectivity index (χ2v) is 6.27. The zero-order valence-electron chi connectivity index (χ0n) is 11.2. The van der Waals surface area contributed by atoms with Crippen LogP contribution in [0.2, 0.25) is 0 Å². The Kier molecular flexibility index (Phi) is 4.87. The maximum atomic E-state index is 12.1. The van der Waals surface area contributed by atoms with E-state index in [1.165, 1.54) is 19.1 Å². The molecule has 20 heavy (non-hydrogen) atoms. The highest BCUT2D eigenvalue weighted by atomic mass is 32.2. The van der Waals surface area contributed by atoms with E-state index in [1.807, 2.05) is 0 Å². The fourth-order valence-electron chi connectivity index (χ4n) is 1.82. The minimum absolute atomic E-state index is 0.0712. The van der Waals surface area contributed by atoms with Crippen molar-refractivity contribution in [2.24, 2.45) is 0 Å². The Bertz CT molecular complexity index is 578. The highest BCUT2D eigenvalue weighted by molar-refractivity contribution is 7.89. The number of benzene rings is 1. The second kappa shape index (κ2) is 6.45. The summed E-state index contributed by atoms with van der Waals surface area (Å²) >= 11 is 0. The van der Waals surface area contributed by atoms with E-state index in [0.717, 1.165) is 0 Å². The van der Waals surface area contributed by atoms with E-state index in [1.54, 1.807) is 12.1 Å². The van der Waals surface area contributed by atoms with Gasteiger partial charge < -0.3 is 9.47 Å². The molecule has 1 atom stereocenters. The van der Waals surface area contributed by atoms with Crippen LogP contribution < -0.4 is 4.72 Å². The summed E-state index contributed by atoms with van der Waals surface area (Å²) in [6, 6.07) is 5.95. The van der Waals surface area contributed by atoms with Crippen LogP contribution in [0.4, 0.5) is 0 Å². The number of Topliss-reactive ketones (excluding diaryl/α,β-unsaturated/α-hetero) is 1. The summed E-state index contributed by atoms with van der Waals surface area (Å²) in [5, 5.41) is 0. The highest BCUT2D eigenvalue weighted by Gasteiger charge is 2.20. The lowest BCUT2D eigenvalue weighted by Gasteiger charge is -2.23. The predicted molar refractivity (Wildman–Crippen MR) is 72.2 cm³/mol. The summed E-state index contributed by atoms with van der Waals surface area (Å²) in [5.74, 6) is -0.175. The monoisotopic (exact) mass is 299 g/mol. The van der Waals surface area contributed by atoms with E-state index < -0.39 is 10.0 Å². The highest BCUT2D eigenvalue weighted by Crippen LogP contribution is 2.12. The third-order valence-electron chi connectivity index (χ3n) is 2.94. The van der Waals surface area contributed by atoms with Gasteiger partial charge in [0.25, 0.3) is 0 Å². The number of ether oxygens (including phenoxy) is 2. The minimum atomic E-state index is -3.65. The van der Waals surface area contributed by atoms with Crippen LogP contribution in [0.15, 0.2) is 29.2 Å². The van der Waals surface area contributed by atoms with Gasteiger partial charge in [-0.3, -0.25) is 4.79 Å². The van der Waals surface area contributed by atoms with Gasteiger partial charge in [-0.25, -0.2) is 13.1 Å². The van der Waals surface area contributed by atoms with Gasteiger partial charge in [-0.2, -0.15) is 0 Å². The summed E-state index contributed by atoms with van der Waals surface area (Å²) in [6.45, 7) is 2.91. The molecule has 1 aromatic rings. The fourth-order valence-corrected chi connectivity index (χ4v) is 2.93. The molecular formula is C13H17NO5S. The van der Waals surface area contributed by atoms with Crippen molar-refractivity contribution in [1.82, 2.24) is 4.72 Å². The zero-order chi connectivity index (χ0) is 14.6. The lowest BCUT2D eigenvalue weighted by Crippen LogP contribution is -2.39. The molecule has 110 valence electrons. The van der Waals surface area contributed by atoms with Gasteiger partial charge in [-0.15, -0.1) is 0 Å². The Labute approximate surface area is 118 Å². The number of carbonyl (C=O) groups is 1. The Hall–Kier alpha value is -1.28. The Morgan fingerprint density at radius 1 is 1.40 bits per heavy atom. The van der Waals surface area contributed by atoms with E-state index in [2.05, 4.69) is 4.72 Å². The van der Waals surface area contributed by atoms with Crippen molar-refractivity contribution in [3.8, 4) is 0 Å². The van der Waals surface area contributed by atoms with Crippen molar-refractivity contribution < 1.29 is 22.7 Å². The molecule has 1 aliphatic rings. The molecule has 1 fully saturated rings. The van der Waals surface area contributed by atoms with Crippen molar-refractivity contribution in [2.75, 3.05) is 26.4 Å². The lowest BCUT2D eigenvalue weighted by molar-refractivity contribution is -0.0846. The third kappa shape index (κ3) is 3.86. The topological polar surface area (TPSA) is 81.7 Å². The molecule has 0 saturated carbocycles. The molecule has 6 nitrogen and oxygen atoms in total. The van der Waals surface area contributed by atoms with Gasteiger partial charge in [0.05, 0.1) is 30.8 Å². The van der Waals surface area contributed by atoms with E-state index in [4.69, 9.17) is 9.47 Å². The standard InChI is InChI=1S/C13H17NO5S/c1-10(15)11-3-2-4-13(7-11)20(16,17)14-8-12-9-18-5-6-19-12/h2-4,7,12,14H,5-6,8-9H2,1H3. The SMILES string of the molecule is CC(=O)c1cccc(S(=O)(=O)NCC2COCCO2)c1. The molecule has 1 aliphatic heterocycles. The first kappa shape index (κ1) is 15.1. The number of carbonyl (C=O) groups excluding carboxylic acids is 1. The molecule has 1 saturated heterocycles. The summed E-state index contributed by atoms with van der Waals surface area (Å²) in [4.78, 5) is 11.3. The van der Waals surface area contributed by atoms with E-state index >= 15 is 0 Å². The van der Waals surface area contributed by atoms with E-state index in [-0.39, 0.29) is 23.3 Å². The molecule has 0 aromatic heterocycles. The maximum Gasteiger partial charge on any atom is 0.240 e. The summed E-state index contributed by atoms with van der Waals surface area (Å²) in [6.07, 6.45) is -0.283. The molecule has 0 bridgehead atoms. The average Bonchev–Trinajstić information content (AvgIpc) is 2.46. The van der Waals surface area contributed by atoms with Gasteiger partial charge in [0.1, 0.15) is 0 Å². The van der Waals surface area contributed by atoms with Crippen LogP contribution >= 0.6 is 0 Å². The number of hydrogen-bond acceptors (Lipinski definition) is 5. The van der Waals surface area contributed by atoms with Gasteiger partial charge in [0.15, 0.2) is 5.78 Å². The van der Waals surface area contributed by atoms with Crippen LogP contribution in [0.1, 0.15) is 17.3 Å².